The Morgan fingerprint density at radius 1 is 0.960 bits per heavy atom. The van der Waals surface area contributed by atoms with Crippen LogP contribution in [-0.4, -0.2) is 39.4 Å². The number of fused-ring (bicyclic) bond motifs is 5. The molecule has 0 amide bonds. The van der Waals surface area contributed by atoms with E-state index < -0.39 is 18.3 Å². The Bertz CT molecular complexity index is 562. The van der Waals surface area contributed by atoms with Gasteiger partial charge in [0.2, 0.25) is 0 Å². The number of Topliss-reactive ketones (excluding diaryl/α,β-unsaturated/α-hetero) is 1. The predicted octanol–water partition coefficient (Wildman–Crippen LogP) is 2.54. The minimum absolute atomic E-state index is 0.0654. The molecule has 4 heteroatoms. The maximum atomic E-state index is 12.6. The standard InChI is InChI=1S/C21H34O4/c1-4-12-16(22)9-15-11-5-6-14-18(24)19(25)17(23)10-21(14,3)13(11)7-8-20(12,15)2/h11-15,17-19,23-25H,4-10H2,1-3H3/t11-,12+,13+,14+,15+,17-,18-,19-,20-,21-/m1/s1. The summed E-state index contributed by atoms with van der Waals surface area (Å²) in [4.78, 5) is 12.6. The van der Waals surface area contributed by atoms with Crippen LogP contribution < -0.4 is 0 Å². The van der Waals surface area contributed by atoms with Crippen LogP contribution in [0.1, 0.15) is 65.7 Å². The van der Waals surface area contributed by atoms with Gasteiger partial charge in [-0.1, -0.05) is 20.8 Å². The summed E-state index contributed by atoms with van der Waals surface area (Å²) >= 11 is 0. The zero-order valence-electron chi connectivity index (χ0n) is 15.8. The van der Waals surface area contributed by atoms with Crippen molar-refractivity contribution >= 4 is 5.78 Å². The molecule has 3 N–H and O–H groups in total. The third-order valence-corrected chi connectivity index (χ3v) is 9.20. The van der Waals surface area contributed by atoms with Crippen molar-refractivity contribution in [3.63, 3.8) is 0 Å². The molecule has 0 aromatic heterocycles. The zero-order valence-corrected chi connectivity index (χ0v) is 15.8. The Labute approximate surface area is 151 Å². The molecule has 4 aliphatic rings. The van der Waals surface area contributed by atoms with Gasteiger partial charge in [0, 0.05) is 12.3 Å². The highest BCUT2D eigenvalue weighted by atomic mass is 16.4. The van der Waals surface area contributed by atoms with Crippen LogP contribution in [0.4, 0.5) is 0 Å². The molecule has 0 aliphatic heterocycles. The third-order valence-electron chi connectivity index (χ3n) is 9.20. The van der Waals surface area contributed by atoms with Gasteiger partial charge in [0.05, 0.1) is 12.2 Å². The highest BCUT2D eigenvalue weighted by molar-refractivity contribution is 5.84. The topological polar surface area (TPSA) is 77.8 Å². The van der Waals surface area contributed by atoms with E-state index in [-0.39, 0.29) is 22.7 Å². The van der Waals surface area contributed by atoms with Gasteiger partial charge in [-0.2, -0.15) is 0 Å². The minimum Gasteiger partial charge on any atom is -0.390 e. The molecule has 4 nitrogen and oxygen atoms in total. The molecule has 4 fully saturated rings. The lowest BCUT2D eigenvalue weighted by molar-refractivity contribution is -0.207. The fourth-order valence-corrected chi connectivity index (χ4v) is 7.97. The Morgan fingerprint density at radius 2 is 1.68 bits per heavy atom. The van der Waals surface area contributed by atoms with E-state index in [2.05, 4.69) is 20.8 Å². The largest absolute Gasteiger partial charge is 0.390 e. The summed E-state index contributed by atoms with van der Waals surface area (Å²) in [5.74, 6) is 2.17. The maximum Gasteiger partial charge on any atom is 0.136 e. The number of aliphatic hydroxyl groups excluding tert-OH is 3. The summed E-state index contributed by atoms with van der Waals surface area (Å²) < 4.78 is 0. The average molecular weight is 350 g/mol. The summed E-state index contributed by atoms with van der Waals surface area (Å²) in [5, 5.41) is 31.1. The van der Waals surface area contributed by atoms with Crippen LogP contribution >= 0.6 is 0 Å². The van der Waals surface area contributed by atoms with E-state index in [4.69, 9.17) is 0 Å². The quantitative estimate of drug-likeness (QED) is 0.679. The van der Waals surface area contributed by atoms with Crippen molar-refractivity contribution in [2.45, 2.75) is 84.0 Å². The molecule has 0 aromatic carbocycles. The monoisotopic (exact) mass is 350 g/mol. The molecular weight excluding hydrogens is 316 g/mol. The van der Waals surface area contributed by atoms with Crippen LogP contribution in [0.3, 0.4) is 0 Å². The Morgan fingerprint density at radius 3 is 2.36 bits per heavy atom. The summed E-state index contributed by atoms with van der Waals surface area (Å²) in [7, 11) is 0. The molecule has 0 heterocycles. The van der Waals surface area contributed by atoms with Crippen LogP contribution in [-0.2, 0) is 4.79 Å². The van der Waals surface area contributed by atoms with Crippen molar-refractivity contribution in [1.29, 1.82) is 0 Å². The highest BCUT2D eigenvalue weighted by Gasteiger charge is 2.63. The number of carbonyl (C=O) groups is 1. The van der Waals surface area contributed by atoms with E-state index in [9.17, 15) is 20.1 Å². The average Bonchev–Trinajstić information content (AvgIpc) is 2.82. The third kappa shape index (κ3) is 2.26. The van der Waals surface area contributed by atoms with Gasteiger partial charge in [0.1, 0.15) is 11.9 Å². The lowest BCUT2D eigenvalue weighted by Gasteiger charge is -2.62. The fourth-order valence-electron chi connectivity index (χ4n) is 7.97. The summed E-state index contributed by atoms with van der Waals surface area (Å²) in [6, 6.07) is 0. The van der Waals surface area contributed by atoms with Crippen molar-refractivity contribution in [2.75, 3.05) is 0 Å². The van der Waals surface area contributed by atoms with Gasteiger partial charge in [-0.15, -0.1) is 0 Å². The van der Waals surface area contributed by atoms with Gasteiger partial charge < -0.3 is 15.3 Å². The normalized spacial score (nSPS) is 58.4. The van der Waals surface area contributed by atoms with Gasteiger partial charge in [-0.25, -0.2) is 0 Å². The second-order valence-electron chi connectivity index (χ2n) is 9.99. The predicted molar refractivity (Wildman–Crippen MR) is 94.7 cm³/mol. The Hall–Kier alpha value is -0.450. The van der Waals surface area contributed by atoms with Gasteiger partial charge >= 0.3 is 0 Å². The van der Waals surface area contributed by atoms with Gasteiger partial charge in [0.15, 0.2) is 0 Å². The molecule has 0 aromatic rings. The lowest BCUT2D eigenvalue weighted by atomic mass is 9.44. The van der Waals surface area contributed by atoms with Crippen LogP contribution in [0.5, 0.6) is 0 Å². The second-order valence-corrected chi connectivity index (χ2v) is 9.99. The van der Waals surface area contributed by atoms with E-state index in [1.807, 2.05) is 0 Å². The van der Waals surface area contributed by atoms with E-state index >= 15 is 0 Å². The van der Waals surface area contributed by atoms with Crippen LogP contribution in [0.15, 0.2) is 0 Å². The molecule has 0 unspecified atom stereocenters. The van der Waals surface area contributed by atoms with Crippen LogP contribution in [0, 0.1) is 40.4 Å². The van der Waals surface area contributed by atoms with Gasteiger partial charge in [-0.05, 0) is 73.0 Å². The highest BCUT2D eigenvalue weighted by Crippen LogP contribution is 2.67. The van der Waals surface area contributed by atoms with Gasteiger partial charge in [0.25, 0.3) is 0 Å². The summed E-state index contributed by atoms with van der Waals surface area (Å²) in [5.41, 5.74) is 0.0112. The number of hydrogen-bond acceptors (Lipinski definition) is 4. The van der Waals surface area contributed by atoms with Crippen molar-refractivity contribution in [3.8, 4) is 0 Å². The molecule has 4 aliphatic carbocycles. The minimum atomic E-state index is -1.01. The Balaban J connectivity index is 1.66. The Kier molecular flexibility index (Phi) is 4.14. The molecule has 142 valence electrons. The molecule has 0 saturated heterocycles. The molecule has 25 heavy (non-hydrogen) atoms. The van der Waals surface area contributed by atoms with Gasteiger partial charge in [-0.3, -0.25) is 4.79 Å². The summed E-state index contributed by atoms with van der Waals surface area (Å²) in [6.45, 7) is 6.72. The maximum absolute atomic E-state index is 12.6. The summed E-state index contributed by atoms with van der Waals surface area (Å²) in [6.07, 6.45) is 3.71. The fraction of sp³-hybridized carbons (Fsp3) is 0.952. The molecule has 10 atom stereocenters. The first-order chi connectivity index (χ1) is 11.7. The van der Waals surface area contributed by atoms with Crippen molar-refractivity contribution in [1.82, 2.24) is 0 Å². The number of hydrogen-bond donors (Lipinski definition) is 3. The molecule has 0 spiro atoms. The van der Waals surface area contributed by atoms with E-state index in [1.54, 1.807) is 0 Å². The van der Waals surface area contributed by atoms with Crippen LogP contribution in [0.25, 0.3) is 0 Å². The zero-order chi connectivity index (χ0) is 18.1. The number of ketones is 1. The first-order valence-electron chi connectivity index (χ1n) is 10.3. The van der Waals surface area contributed by atoms with Crippen molar-refractivity contribution in [3.05, 3.63) is 0 Å². The molecule has 4 rings (SSSR count). The van der Waals surface area contributed by atoms with E-state index in [1.165, 1.54) is 0 Å². The smallest absolute Gasteiger partial charge is 0.136 e. The molecular formula is C21H34O4. The number of carbonyl (C=O) groups excluding carboxylic acids is 1. The molecule has 0 radical (unpaired) electrons. The van der Waals surface area contributed by atoms with E-state index in [0.29, 0.717) is 30.0 Å². The van der Waals surface area contributed by atoms with Crippen LogP contribution in [0.2, 0.25) is 0 Å². The first-order valence-corrected chi connectivity index (χ1v) is 10.3. The number of aliphatic hydroxyl groups is 3. The van der Waals surface area contributed by atoms with Crippen molar-refractivity contribution in [2.24, 2.45) is 40.4 Å². The number of rotatable bonds is 1. The SMILES string of the molecule is CC[C@H]1C(=O)C[C@H]2[C@@H]3CC[C@H]4[C@@H](O)[C@H](O)[C@H](O)C[C@]4(C)[C@H]3CC[C@]12C. The lowest BCUT2D eigenvalue weighted by Crippen LogP contribution is -2.61. The van der Waals surface area contributed by atoms with E-state index in [0.717, 1.165) is 38.5 Å². The molecule has 0 bridgehead atoms. The first kappa shape index (κ1) is 17.9. The second kappa shape index (κ2) is 5.77. The molecule has 4 saturated carbocycles. The van der Waals surface area contributed by atoms with Crippen molar-refractivity contribution < 1.29 is 20.1 Å².